The van der Waals surface area contributed by atoms with Gasteiger partial charge in [-0.2, -0.15) is 5.26 Å². The lowest BCUT2D eigenvalue weighted by atomic mass is 10.2. The number of carbonyl (C=O) groups is 1. The highest BCUT2D eigenvalue weighted by atomic mass is 16.2. The Morgan fingerprint density at radius 2 is 2.06 bits per heavy atom. The quantitative estimate of drug-likeness (QED) is 0.756. The maximum atomic E-state index is 11.9. The molecule has 0 atom stereocenters. The maximum Gasteiger partial charge on any atom is 0.321 e. The van der Waals surface area contributed by atoms with Gasteiger partial charge in [-0.1, -0.05) is 12.1 Å². The van der Waals surface area contributed by atoms with Gasteiger partial charge >= 0.3 is 6.03 Å². The van der Waals surface area contributed by atoms with Crippen LogP contribution in [0.1, 0.15) is 5.56 Å². The van der Waals surface area contributed by atoms with Crippen LogP contribution in [0, 0.1) is 11.3 Å². The summed E-state index contributed by atoms with van der Waals surface area (Å²) in [5.41, 5.74) is 1.05. The summed E-state index contributed by atoms with van der Waals surface area (Å²) in [6.45, 7) is 3.02. The summed E-state index contributed by atoms with van der Waals surface area (Å²) in [4.78, 5) is 13.7. The van der Waals surface area contributed by atoms with Crippen molar-refractivity contribution in [2.75, 3.05) is 31.5 Å². The van der Waals surface area contributed by atoms with Crippen molar-refractivity contribution in [3.05, 3.63) is 29.8 Å². The molecule has 5 nitrogen and oxygen atoms in total. The molecule has 1 aliphatic rings. The van der Waals surface area contributed by atoms with Crippen molar-refractivity contribution in [3.63, 3.8) is 0 Å². The molecule has 2 amide bonds. The molecule has 0 aromatic heterocycles. The second-order valence-electron chi connectivity index (χ2n) is 3.82. The van der Waals surface area contributed by atoms with Gasteiger partial charge in [0.05, 0.1) is 11.3 Å². The largest absolute Gasteiger partial charge is 0.322 e. The summed E-state index contributed by atoms with van der Waals surface area (Å²) in [5.74, 6) is 0. The zero-order chi connectivity index (χ0) is 12.1. The first-order chi connectivity index (χ1) is 8.31. The van der Waals surface area contributed by atoms with Gasteiger partial charge in [-0.15, -0.1) is 0 Å². The number of anilines is 1. The number of amides is 2. The molecule has 1 aliphatic heterocycles. The number of hydrogen-bond acceptors (Lipinski definition) is 3. The van der Waals surface area contributed by atoms with E-state index in [1.807, 2.05) is 0 Å². The molecule has 0 bridgehead atoms. The van der Waals surface area contributed by atoms with Gasteiger partial charge < -0.3 is 15.5 Å². The van der Waals surface area contributed by atoms with Gasteiger partial charge in [-0.25, -0.2) is 4.79 Å². The van der Waals surface area contributed by atoms with Crippen LogP contribution in [0.4, 0.5) is 10.5 Å². The van der Waals surface area contributed by atoms with Crippen LogP contribution in [0.15, 0.2) is 24.3 Å². The highest BCUT2D eigenvalue weighted by molar-refractivity contribution is 5.90. The van der Waals surface area contributed by atoms with E-state index < -0.39 is 0 Å². The Bertz CT molecular complexity index is 446. The standard InChI is InChI=1S/C12H14N4O/c13-9-10-3-1-2-4-11(10)15-12(17)16-7-5-14-6-8-16/h1-4,14H,5-8H2,(H,15,17). The summed E-state index contributed by atoms with van der Waals surface area (Å²) < 4.78 is 0. The van der Waals surface area contributed by atoms with Gasteiger partial charge in [0.15, 0.2) is 0 Å². The van der Waals surface area contributed by atoms with E-state index in [9.17, 15) is 4.79 Å². The van der Waals surface area contributed by atoms with Crippen molar-refractivity contribution in [3.8, 4) is 6.07 Å². The summed E-state index contributed by atoms with van der Waals surface area (Å²) in [5, 5.41) is 14.9. The summed E-state index contributed by atoms with van der Waals surface area (Å²) in [7, 11) is 0. The molecular weight excluding hydrogens is 216 g/mol. The van der Waals surface area contributed by atoms with Crippen LogP contribution in [-0.2, 0) is 0 Å². The number of para-hydroxylation sites is 1. The molecule has 0 spiro atoms. The molecule has 1 aromatic rings. The second-order valence-corrected chi connectivity index (χ2v) is 3.82. The molecule has 1 aromatic carbocycles. The molecule has 88 valence electrons. The third-order valence-corrected chi connectivity index (χ3v) is 2.69. The molecule has 0 aliphatic carbocycles. The molecule has 0 saturated carbocycles. The zero-order valence-electron chi connectivity index (χ0n) is 9.44. The highest BCUT2D eigenvalue weighted by Gasteiger charge is 2.16. The fourth-order valence-electron chi connectivity index (χ4n) is 1.75. The van der Waals surface area contributed by atoms with Gasteiger partial charge in [-0.05, 0) is 12.1 Å². The Balaban J connectivity index is 2.05. The van der Waals surface area contributed by atoms with Gasteiger partial charge in [0.1, 0.15) is 6.07 Å². The number of nitriles is 1. The van der Waals surface area contributed by atoms with Crippen LogP contribution in [0.5, 0.6) is 0 Å². The van der Waals surface area contributed by atoms with Gasteiger partial charge in [0.2, 0.25) is 0 Å². The molecule has 0 radical (unpaired) electrons. The second kappa shape index (κ2) is 5.32. The van der Waals surface area contributed by atoms with E-state index in [4.69, 9.17) is 5.26 Å². The van der Waals surface area contributed by atoms with E-state index in [-0.39, 0.29) is 6.03 Å². The van der Waals surface area contributed by atoms with Crippen LogP contribution in [0.2, 0.25) is 0 Å². The van der Waals surface area contributed by atoms with E-state index in [1.54, 1.807) is 29.2 Å². The average molecular weight is 230 g/mol. The van der Waals surface area contributed by atoms with Crippen molar-refractivity contribution >= 4 is 11.7 Å². The van der Waals surface area contributed by atoms with Crippen LogP contribution >= 0.6 is 0 Å². The fraction of sp³-hybridized carbons (Fsp3) is 0.333. The first-order valence-electron chi connectivity index (χ1n) is 5.57. The maximum absolute atomic E-state index is 11.9. The first-order valence-corrected chi connectivity index (χ1v) is 5.57. The lowest BCUT2D eigenvalue weighted by Crippen LogP contribution is -2.48. The van der Waals surface area contributed by atoms with E-state index in [2.05, 4.69) is 16.7 Å². The number of piperazine rings is 1. The summed E-state index contributed by atoms with van der Waals surface area (Å²) >= 11 is 0. The third-order valence-electron chi connectivity index (χ3n) is 2.69. The molecule has 17 heavy (non-hydrogen) atoms. The average Bonchev–Trinajstić information content (AvgIpc) is 2.40. The minimum Gasteiger partial charge on any atom is -0.322 e. The predicted molar refractivity (Wildman–Crippen MR) is 64.6 cm³/mol. The topological polar surface area (TPSA) is 68.2 Å². The molecular formula is C12H14N4O. The van der Waals surface area contributed by atoms with E-state index >= 15 is 0 Å². The van der Waals surface area contributed by atoms with Crippen molar-refractivity contribution in [2.45, 2.75) is 0 Å². The Morgan fingerprint density at radius 3 is 2.76 bits per heavy atom. The number of rotatable bonds is 1. The fourth-order valence-corrected chi connectivity index (χ4v) is 1.75. The molecule has 1 fully saturated rings. The van der Waals surface area contributed by atoms with Crippen molar-refractivity contribution in [1.82, 2.24) is 10.2 Å². The van der Waals surface area contributed by atoms with Crippen LogP contribution < -0.4 is 10.6 Å². The minimum absolute atomic E-state index is 0.144. The Kier molecular flexibility index (Phi) is 3.58. The van der Waals surface area contributed by atoms with Crippen LogP contribution in [-0.4, -0.2) is 37.1 Å². The summed E-state index contributed by atoms with van der Waals surface area (Å²) in [6.07, 6.45) is 0. The minimum atomic E-state index is -0.144. The van der Waals surface area contributed by atoms with Gasteiger partial charge in [0.25, 0.3) is 0 Å². The SMILES string of the molecule is N#Cc1ccccc1NC(=O)N1CCNCC1. The van der Waals surface area contributed by atoms with E-state index in [1.165, 1.54) is 0 Å². The number of hydrogen-bond donors (Lipinski definition) is 2. The number of carbonyl (C=O) groups excluding carboxylic acids is 1. The normalized spacial score (nSPS) is 15.1. The van der Waals surface area contributed by atoms with Crippen molar-refractivity contribution in [2.24, 2.45) is 0 Å². The number of nitrogens with one attached hydrogen (secondary N) is 2. The van der Waals surface area contributed by atoms with Crippen molar-refractivity contribution < 1.29 is 4.79 Å². The number of urea groups is 1. The van der Waals surface area contributed by atoms with Gasteiger partial charge in [0, 0.05) is 26.2 Å². The molecule has 2 N–H and O–H groups in total. The smallest absolute Gasteiger partial charge is 0.321 e. The molecule has 1 saturated heterocycles. The molecule has 2 rings (SSSR count). The molecule has 0 unspecified atom stereocenters. The van der Waals surface area contributed by atoms with Crippen LogP contribution in [0.3, 0.4) is 0 Å². The monoisotopic (exact) mass is 230 g/mol. The first kappa shape index (κ1) is 11.4. The molecule has 1 heterocycles. The summed E-state index contributed by atoms with van der Waals surface area (Å²) in [6, 6.07) is 8.91. The number of benzene rings is 1. The number of nitrogens with zero attached hydrogens (tertiary/aromatic N) is 2. The lowest BCUT2D eigenvalue weighted by molar-refractivity contribution is 0.204. The van der Waals surface area contributed by atoms with Gasteiger partial charge in [-0.3, -0.25) is 0 Å². The zero-order valence-corrected chi connectivity index (χ0v) is 9.44. The van der Waals surface area contributed by atoms with E-state index in [0.717, 1.165) is 13.1 Å². The Labute approximate surface area is 100 Å². The Morgan fingerprint density at radius 1 is 1.35 bits per heavy atom. The molecule has 5 heteroatoms. The highest BCUT2D eigenvalue weighted by Crippen LogP contribution is 2.14. The lowest BCUT2D eigenvalue weighted by Gasteiger charge is -2.27. The van der Waals surface area contributed by atoms with E-state index in [0.29, 0.717) is 24.3 Å². The predicted octanol–water partition coefficient (Wildman–Crippen LogP) is 0.995. The Hall–Kier alpha value is -2.06. The third kappa shape index (κ3) is 2.74. The van der Waals surface area contributed by atoms with Crippen LogP contribution in [0.25, 0.3) is 0 Å². The van der Waals surface area contributed by atoms with Crippen molar-refractivity contribution in [1.29, 1.82) is 5.26 Å².